The molecule has 0 amide bonds. The van der Waals surface area contributed by atoms with Crippen LogP contribution < -0.4 is 0 Å². The van der Waals surface area contributed by atoms with Crippen LogP contribution in [0.5, 0.6) is 0 Å². The van der Waals surface area contributed by atoms with Crippen LogP contribution in [0.25, 0.3) is 0 Å². The molecule has 0 aromatic heterocycles. The van der Waals surface area contributed by atoms with Gasteiger partial charge in [-0.05, 0) is 40.5 Å². The van der Waals surface area contributed by atoms with Crippen LogP contribution in [0.4, 0.5) is 0 Å². The highest BCUT2D eigenvalue weighted by Gasteiger charge is 2.30. The fourth-order valence-corrected chi connectivity index (χ4v) is 3.27. The zero-order chi connectivity index (χ0) is 13.5. The lowest BCUT2D eigenvalue weighted by Gasteiger charge is -2.30. The monoisotopic (exact) mass is 264 g/mol. The molecule has 0 N–H and O–H groups in total. The van der Waals surface area contributed by atoms with Crippen LogP contribution in [-0.4, -0.2) is 44.1 Å². The second kappa shape index (κ2) is 8.25. The number of hydrogen-bond acceptors (Lipinski definition) is 2. The summed E-state index contributed by atoms with van der Waals surface area (Å²) >= 11 is 0. The van der Waals surface area contributed by atoms with Crippen LogP contribution in [0.3, 0.4) is 0 Å². The molecule has 1 atom stereocenters. The molecule has 5 heteroatoms. The molecular formula is C12H29N2O2P. The highest BCUT2D eigenvalue weighted by molar-refractivity contribution is 7.53. The Morgan fingerprint density at radius 1 is 1.12 bits per heavy atom. The van der Waals surface area contributed by atoms with Gasteiger partial charge in [-0.3, -0.25) is 4.57 Å². The minimum absolute atomic E-state index is 0.517. The summed E-state index contributed by atoms with van der Waals surface area (Å²) < 4.78 is 21.6. The first kappa shape index (κ1) is 17.1. The lowest BCUT2D eigenvalue weighted by atomic mass is 10.0. The standard InChI is InChI=1S/C12H29N2O2P/c1-7-9-10-12(8-2)11-16-17(15,13(3)4)14(5)6/h12H,7-11H2,1-6H3. The zero-order valence-corrected chi connectivity index (χ0v) is 13.2. The van der Waals surface area contributed by atoms with Gasteiger partial charge < -0.3 is 4.52 Å². The Balaban J connectivity index is 4.34. The predicted molar refractivity (Wildman–Crippen MR) is 74.2 cm³/mol. The van der Waals surface area contributed by atoms with Crippen molar-refractivity contribution in [2.75, 3.05) is 34.8 Å². The van der Waals surface area contributed by atoms with E-state index in [2.05, 4.69) is 13.8 Å². The Morgan fingerprint density at radius 3 is 2.00 bits per heavy atom. The SMILES string of the molecule is CCCCC(CC)COP(=O)(N(C)C)N(C)C. The second-order valence-electron chi connectivity index (χ2n) is 4.90. The molecule has 0 aliphatic heterocycles. The molecule has 0 radical (unpaired) electrons. The number of nitrogens with zero attached hydrogens (tertiary/aromatic N) is 2. The molecule has 0 saturated carbocycles. The molecule has 0 bridgehead atoms. The van der Waals surface area contributed by atoms with Crippen molar-refractivity contribution < 1.29 is 9.09 Å². The second-order valence-corrected chi connectivity index (χ2v) is 7.74. The maximum atomic E-state index is 12.5. The van der Waals surface area contributed by atoms with E-state index < -0.39 is 7.67 Å². The van der Waals surface area contributed by atoms with Gasteiger partial charge in [0.1, 0.15) is 0 Å². The third kappa shape index (κ3) is 5.52. The van der Waals surface area contributed by atoms with Gasteiger partial charge in [0.05, 0.1) is 6.61 Å². The summed E-state index contributed by atoms with van der Waals surface area (Å²) in [6.45, 7) is 4.95. The minimum atomic E-state index is -2.80. The van der Waals surface area contributed by atoms with Crippen molar-refractivity contribution in [1.82, 2.24) is 9.34 Å². The number of rotatable bonds is 9. The Kier molecular flexibility index (Phi) is 8.31. The summed E-state index contributed by atoms with van der Waals surface area (Å²) in [5, 5.41) is 0. The lowest BCUT2D eigenvalue weighted by molar-refractivity contribution is 0.195. The van der Waals surface area contributed by atoms with Crippen LogP contribution in [0.2, 0.25) is 0 Å². The fourth-order valence-electron chi connectivity index (χ4n) is 1.69. The Labute approximate surface area is 107 Å². The smallest absolute Gasteiger partial charge is 0.306 e. The first-order valence-electron chi connectivity index (χ1n) is 6.48. The van der Waals surface area contributed by atoms with Gasteiger partial charge in [-0.25, -0.2) is 9.34 Å². The van der Waals surface area contributed by atoms with E-state index >= 15 is 0 Å². The average molecular weight is 264 g/mol. The van der Waals surface area contributed by atoms with Crippen molar-refractivity contribution in [3.63, 3.8) is 0 Å². The Bertz CT molecular complexity index is 233. The van der Waals surface area contributed by atoms with Gasteiger partial charge in [0.25, 0.3) is 0 Å². The zero-order valence-electron chi connectivity index (χ0n) is 12.3. The maximum absolute atomic E-state index is 12.5. The van der Waals surface area contributed by atoms with E-state index in [1.54, 1.807) is 37.5 Å². The maximum Gasteiger partial charge on any atom is 0.345 e. The van der Waals surface area contributed by atoms with Crippen molar-refractivity contribution >= 4 is 7.67 Å². The van der Waals surface area contributed by atoms with Gasteiger partial charge in [-0.1, -0.05) is 33.1 Å². The normalized spacial score (nSPS) is 14.6. The van der Waals surface area contributed by atoms with Crippen molar-refractivity contribution in [3.8, 4) is 0 Å². The Hall–Kier alpha value is 0.110. The van der Waals surface area contributed by atoms with E-state index in [9.17, 15) is 4.57 Å². The van der Waals surface area contributed by atoms with Crippen LogP contribution in [0, 0.1) is 5.92 Å². The molecule has 0 saturated heterocycles. The molecule has 17 heavy (non-hydrogen) atoms. The average Bonchev–Trinajstić information content (AvgIpc) is 2.28. The summed E-state index contributed by atoms with van der Waals surface area (Å²) in [6.07, 6.45) is 4.67. The molecule has 0 aromatic carbocycles. The molecule has 0 fully saturated rings. The van der Waals surface area contributed by atoms with Crippen LogP contribution in [0.1, 0.15) is 39.5 Å². The molecule has 104 valence electrons. The number of hydrogen-bond donors (Lipinski definition) is 0. The summed E-state index contributed by atoms with van der Waals surface area (Å²) in [5.74, 6) is 0.517. The van der Waals surface area contributed by atoms with Crippen molar-refractivity contribution in [2.45, 2.75) is 39.5 Å². The van der Waals surface area contributed by atoms with Gasteiger partial charge in [0, 0.05) is 0 Å². The molecule has 0 aliphatic carbocycles. The first-order valence-corrected chi connectivity index (χ1v) is 8.01. The van der Waals surface area contributed by atoms with Gasteiger partial charge in [0.2, 0.25) is 0 Å². The summed E-state index contributed by atoms with van der Waals surface area (Å²) in [7, 11) is 4.40. The summed E-state index contributed by atoms with van der Waals surface area (Å²) in [5.41, 5.74) is 0. The lowest BCUT2D eigenvalue weighted by Crippen LogP contribution is -2.24. The van der Waals surface area contributed by atoms with Crippen molar-refractivity contribution in [2.24, 2.45) is 5.92 Å². The fraction of sp³-hybridized carbons (Fsp3) is 1.00. The topological polar surface area (TPSA) is 32.8 Å². The third-order valence-corrected chi connectivity index (χ3v) is 5.54. The molecular weight excluding hydrogens is 235 g/mol. The van der Waals surface area contributed by atoms with Gasteiger partial charge in [0.15, 0.2) is 0 Å². The van der Waals surface area contributed by atoms with E-state index in [4.69, 9.17) is 4.52 Å². The summed E-state index contributed by atoms with van der Waals surface area (Å²) in [6, 6.07) is 0. The first-order chi connectivity index (χ1) is 7.88. The quantitative estimate of drug-likeness (QED) is 0.597. The van der Waals surface area contributed by atoms with E-state index in [0.717, 1.165) is 12.8 Å². The van der Waals surface area contributed by atoms with Gasteiger partial charge in [-0.15, -0.1) is 0 Å². The van der Waals surface area contributed by atoms with Crippen molar-refractivity contribution in [3.05, 3.63) is 0 Å². The largest absolute Gasteiger partial charge is 0.345 e. The van der Waals surface area contributed by atoms with Crippen LogP contribution >= 0.6 is 7.67 Å². The van der Waals surface area contributed by atoms with Crippen molar-refractivity contribution in [1.29, 1.82) is 0 Å². The van der Waals surface area contributed by atoms with Crippen LogP contribution in [-0.2, 0) is 9.09 Å². The number of unbranched alkanes of at least 4 members (excludes halogenated alkanes) is 1. The molecule has 0 heterocycles. The highest BCUT2D eigenvalue weighted by Crippen LogP contribution is 2.50. The molecule has 1 unspecified atom stereocenters. The highest BCUT2D eigenvalue weighted by atomic mass is 31.2. The molecule has 0 rings (SSSR count). The van der Waals surface area contributed by atoms with E-state index in [0.29, 0.717) is 12.5 Å². The molecule has 0 spiro atoms. The molecule has 4 nitrogen and oxygen atoms in total. The molecule has 0 aliphatic rings. The van der Waals surface area contributed by atoms with E-state index in [1.807, 2.05) is 0 Å². The van der Waals surface area contributed by atoms with Gasteiger partial charge in [-0.2, -0.15) is 0 Å². The van der Waals surface area contributed by atoms with E-state index in [1.165, 1.54) is 12.8 Å². The Morgan fingerprint density at radius 2 is 1.65 bits per heavy atom. The predicted octanol–water partition coefficient (Wildman–Crippen LogP) is 3.45. The van der Waals surface area contributed by atoms with Crippen LogP contribution in [0.15, 0.2) is 0 Å². The minimum Gasteiger partial charge on any atom is -0.306 e. The van der Waals surface area contributed by atoms with E-state index in [-0.39, 0.29) is 0 Å². The summed E-state index contributed by atoms with van der Waals surface area (Å²) in [4.78, 5) is 0. The third-order valence-electron chi connectivity index (χ3n) is 3.03. The molecule has 0 aromatic rings. The van der Waals surface area contributed by atoms with Gasteiger partial charge >= 0.3 is 7.67 Å².